The zero-order valence-corrected chi connectivity index (χ0v) is 11.1. The van der Waals surface area contributed by atoms with E-state index in [0.717, 1.165) is 16.6 Å². The Balaban J connectivity index is 0.000000637. The number of para-hydroxylation sites is 1. The second-order valence-corrected chi connectivity index (χ2v) is 4.16. The van der Waals surface area contributed by atoms with Crippen LogP contribution < -0.4 is 5.32 Å². The molecule has 1 aliphatic rings. The summed E-state index contributed by atoms with van der Waals surface area (Å²) in [7, 11) is 0. The number of hydrogen-bond donors (Lipinski definition) is 2. The van der Waals surface area contributed by atoms with Gasteiger partial charge in [0.2, 0.25) is 11.8 Å². The highest BCUT2D eigenvalue weighted by atomic mass is 16.2. The Kier molecular flexibility index (Phi) is 3.94. The molecule has 1 saturated heterocycles. The van der Waals surface area contributed by atoms with E-state index in [1.54, 1.807) is 0 Å². The molecule has 1 atom stereocenters. The molecule has 2 amide bonds. The van der Waals surface area contributed by atoms with E-state index in [1.807, 2.05) is 38.1 Å². The van der Waals surface area contributed by atoms with E-state index in [1.165, 1.54) is 0 Å². The molecule has 0 aliphatic carbocycles. The molecule has 5 nitrogen and oxygen atoms in total. The van der Waals surface area contributed by atoms with Crippen LogP contribution in [0.1, 0.15) is 38.3 Å². The maximum atomic E-state index is 11.8. The number of aromatic amines is 1. The Hall–Kier alpha value is -2.17. The van der Waals surface area contributed by atoms with Gasteiger partial charge in [0.15, 0.2) is 0 Å². The quantitative estimate of drug-likeness (QED) is 0.770. The molecule has 1 aliphatic heterocycles. The topological polar surface area (TPSA) is 74.8 Å². The van der Waals surface area contributed by atoms with Crippen molar-refractivity contribution in [2.75, 3.05) is 0 Å². The zero-order valence-electron chi connectivity index (χ0n) is 11.1. The summed E-state index contributed by atoms with van der Waals surface area (Å²) in [4.78, 5) is 22.9. The first-order valence-corrected chi connectivity index (χ1v) is 6.52. The van der Waals surface area contributed by atoms with E-state index in [2.05, 4.69) is 15.5 Å². The van der Waals surface area contributed by atoms with Crippen molar-refractivity contribution in [2.45, 2.75) is 32.6 Å². The van der Waals surface area contributed by atoms with E-state index in [0.29, 0.717) is 12.8 Å². The fraction of sp³-hybridized carbons (Fsp3) is 0.357. The third kappa shape index (κ3) is 2.50. The Morgan fingerprint density at radius 2 is 1.95 bits per heavy atom. The molecule has 1 aromatic carbocycles. The molecule has 1 fully saturated rings. The van der Waals surface area contributed by atoms with Crippen LogP contribution in [0.3, 0.4) is 0 Å². The van der Waals surface area contributed by atoms with Crippen LogP contribution >= 0.6 is 0 Å². The second kappa shape index (κ2) is 5.65. The van der Waals surface area contributed by atoms with Crippen molar-refractivity contribution in [2.24, 2.45) is 0 Å². The number of hydrogen-bond acceptors (Lipinski definition) is 3. The highest BCUT2D eigenvalue weighted by Crippen LogP contribution is 2.28. The molecule has 1 unspecified atom stereocenters. The summed E-state index contributed by atoms with van der Waals surface area (Å²) < 4.78 is 0. The summed E-state index contributed by atoms with van der Waals surface area (Å²) in [6.45, 7) is 4.00. The number of imide groups is 1. The highest BCUT2D eigenvalue weighted by molar-refractivity contribution is 6.02. The molecule has 2 N–H and O–H groups in total. The third-order valence-corrected chi connectivity index (χ3v) is 3.08. The van der Waals surface area contributed by atoms with Crippen molar-refractivity contribution in [3.8, 4) is 0 Å². The van der Waals surface area contributed by atoms with Gasteiger partial charge in [-0.25, -0.2) is 0 Å². The predicted molar refractivity (Wildman–Crippen MR) is 72.6 cm³/mol. The molecule has 0 bridgehead atoms. The first kappa shape index (κ1) is 13.3. The Labute approximate surface area is 111 Å². The van der Waals surface area contributed by atoms with Gasteiger partial charge in [0.25, 0.3) is 0 Å². The number of piperidine rings is 1. The third-order valence-electron chi connectivity index (χ3n) is 3.08. The standard InChI is InChI=1S/C12H11N3O2.C2H6/c16-10-6-5-8(12(17)13-10)11-7-3-1-2-4-9(7)14-15-11;1-2/h1-4,8H,5-6H2,(H,14,15)(H,13,16,17);1-2H3. The Morgan fingerprint density at radius 1 is 1.21 bits per heavy atom. The number of nitrogens with zero attached hydrogens (tertiary/aromatic N) is 1. The van der Waals surface area contributed by atoms with Crippen molar-refractivity contribution in [3.63, 3.8) is 0 Å². The number of carbonyl (C=O) groups is 2. The molecule has 100 valence electrons. The maximum Gasteiger partial charge on any atom is 0.235 e. The van der Waals surface area contributed by atoms with Gasteiger partial charge >= 0.3 is 0 Å². The number of H-pyrrole nitrogens is 1. The largest absolute Gasteiger partial charge is 0.296 e. The lowest BCUT2D eigenvalue weighted by atomic mass is 9.93. The first-order valence-electron chi connectivity index (χ1n) is 6.52. The number of aromatic nitrogens is 2. The molecule has 0 radical (unpaired) electrons. The number of carbonyl (C=O) groups excluding carboxylic acids is 2. The molecular formula is C14H17N3O2. The number of fused-ring (bicyclic) bond motifs is 1. The number of nitrogens with one attached hydrogen (secondary N) is 2. The van der Waals surface area contributed by atoms with Crippen molar-refractivity contribution >= 4 is 22.7 Å². The fourth-order valence-electron chi connectivity index (χ4n) is 2.21. The first-order chi connectivity index (χ1) is 9.25. The molecular weight excluding hydrogens is 242 g/mol. The highest BCUT2D eigenvalue weighted by Gasteiger charge is 2.30. The van der Waals surface area contributed by atoms with Crippen LogP contribution in [0.25, 0.3) is 10.9 Å². The Bertz CT molecular complexity index is 604. The SMILES string of the molecule is CC.O=C1CCC(c2[nH]nc3ccccc23)C(=O)N1. The van der Waals surface area contributed by atoms with Gasteiger partial charge in [0.05, 0.1) is 17.1 Å². The van der Waals surface area contributed by atoms with Gasteiger partial charge < -0.3 is 0 Å². The van der Waals surface area contributed by atoms with Gasteiger partial charge in [-0.1, -0.05) is 32.0 Å². The van der Waals surface area contributed by atoms with Crippen LogP contribution in [0.5, 0.6) is 0 Å². The molecule has 1 aromatic heterocycles. The van der Waals surface area contributed by atoms with Gasteiger partial charge in [-0.2, -0.15) is 5.10 Å². The van der Waals surface area contributed by atoms with Crippen LogP contribution in [0.2, 0.25) is 0 Å². The van der Waals surface area contributed by atoms with Gasteiger partial charge in [-0.15, -0.1) is 0 Å². The van der Waals surface area contributed by atoms with Crippen LogP contribution in [0.4, 0.5) is 0 Å². The van der Waals surface area contributed by atoms with Crippen molar-refractivity contribution in [3.05, 3.63) is 30.0 Å². The molecule has 19 heavy (non-hydrogen) atoms. The molecule has 0 spiro atoms. The lowest BCUT2D eigenvalue weighted by molar-refractivity contribution is -0.134. The van der Waals surface area contributed by atoms with Crippen LogP contribution in [0, 0.1) is 0 Å². The number of rotatable bonds is 1. The smallest absolute Gasteiger partial charge is 0.235 e. The summed E-state index contributed by atoms with van der Waals surface area (Å²) in [5, 5.41) is 10.4. The van der Waals surface area contributed by atoms with Gasteiger partial charge in [-0.3, -0.25) is 20.0 Å². The van der Waals surface area contributed by atoms with Gasteiger partial charge in [0.1, 0.15) is 0 Å². The van der Waals surface area contributed by atoms with Crippen molar-refractivity contribution in [1.82, 2.24) is 15.5 Å². The predicted octanol–water partition coefficient (Wildman–Crippen LogP) is 2.11. The average molecular weight is 259 g/mol. The maximum absolute atomic E-state index is 11.8. The van der Waals surface area contributed by atoms with Gasteiger partial charge in [-0.05, 0) is 12.5 Å². The number of amides is 2. The lowest BCUT2D eigenvalue weighted by Crippen LogP contribution is -2.39. The monoisotopic (exact) mass is 259 g/mol. The summed E-state index contributed by atoms with van der Waals surface area (Å²) in [5.41, 5.74) is 1.64. The fourth-order valence-corrected chi connectivity index (χ4v) is 2.21. The summed E-state index contributed by atoms with van der Waals surface area (Å²) in [6.07, 6.45) is 0.917. The zero-order chi connectivity index (χ0) is 13.8. The molecule has 0 saturated carbocycles. The number of benzene rings is 1. The normalized spacial score (nSPS) is 18.7. The van der Waals surface area contributed by atoms with E-state index >= 15 is 0 Å². The van der Waals surface area contributed by atoms with E-state index < -0.39 is 0 Å². The van der Waals surface area contributed by atoms with Gasteiger partial charge in [0, 0.05) is 11.8 Å². The minimum absolute atomic E-state index is 0.199. The summed E-state index contributed by atoms with van der Waals surface area (Å²) in [6, 6.07) is 7.63. The van der Waals surface area contributed by atoms with Crippen molar-refractivity contribution < 1.29 is 9.59 Å². The molecule has 2 heterocycles. The van der Waals surface area contributed by atoms with Crippen LogP contribution in [0.15, 0.2) is 24.3 Å². The Morgan fingerprint density at radius 3 is 2.68 bits per heavy atom. The van der Waals surface area contributed by atoms with E-state index in [4.69, 9.17) is 0 Å². The molecule has 2 aromatic rings. The minimum atomic E-state index is -0.305. The van der Waals surface area contributed by atoms with Crippen LogP contribution in [-0.2, 0) is 9.59 Å². The minimum Gasteiger partial charge on any atom is -0.296 e. The van der Waals surface area contributed by atoms with E-state index in [-0.39, 0.29) is 17.7 Å². The molecule has 5 heteroatoms. The average Bonchev–Trinajstić information content (AvgIpc) is 2.85. The van der Waals surface area contributed by atoms with Crippen LogP contribution in [-0.4, -0.2) is 22.0 Å². The molecule has 3 rings (SSSR count). The van der Waals surface area contributed by atoms with E-state index in [9.17, 15) is 9.59 Å². The van der Waals surface area contributed by atoms with Crippen molar-refractivity contribution in [1.29, 1.82) is 0 Å². The lowest BCUT2D eigenvalue weighted by Gasteiger charge is -2.19. The summed E-state index contributed by atoms with van der Waals surface area (Å²) in [5.74, 6) is -0.745. The summed E-state index contributed by atoms with van der Waals surface area (Å²) >= 11 is 0. The second-order valence-electron chi connectivity index (χ2n) is 4.16.